The van der Waals surface area contributed by atoms with E-state index in [1.54, 1.807) is 18.2 Å². The number of amides is 1. The average molecular weight is 357 g/mol. The van der Waals surface area contributed by atoms with Gasteiger partial charge in [0, 0.05) is 12.7 Å². The number of hydrogen-bond donors (Lipinski definition) is 0. The first-order valence-corrected chi connectivity index (χ1v) is 8.71. The maximum Gasteiger partial charge on any atom is 0.246 e. The van der Waals surface area contributed by atoms with Gasteiger partial charge >= 0.3 is 0 Å². The third kappa shape index (κ3) is 3.53. The van der Waals surface area contributed by atoms with Crippen molar-refractivity contribution in [2.75, 3.05) is 11.9 Å². The van der Waals surface area contributed by atoms with Crippen LogP contribution in [0.5, 0.6) is 0 Å². The molecule has 2 aromatic heterocycles. The van der Waals surface area contributed by atoms with E-state index in [0.29, 0.717) is 5.82 Å². The summed E-state index contributed by atoms with van der Waals surface area (Å²) in [5.74, 6) is 1.43. The van der Waals surface area contributed by atoms with E-state index < -0.39 is 0 Å². The zero-order valence-corrected chi connectivity index (χ0v) is 14.9. The molecule has 0 unspecified atom stereocenters. The first kappa shape index (κ1) is 16.8. The third-order valence-electron chi connectivity index (χ3n) is 4.43. The van der Waals surface area contributed by atoms with Crippen molar-refractivity contribution in [1.82, 2.24) is 9.55 Å². The molecule has 1 amide bonds. The highest BCUT2D eigenvalue weighted by Gasteiger charge is 2.16. The predicted octanol–water partition coefficient (Wildman–Crippen LogP) is 4.46. The molecule has 4 rings (SSSR count). The van der Waals surface area contributed by atoms with Crippen LogP contribution in [-0.2, 0) is 11.3 Å². The lowest BCUT2D eigenvalue weighted by atomic mass is 10.3. The van der Waals surface area contributed by atoms with Gasteiger partial charge in [-0.3, -0.25) is 4.79 Å². The van der Waals surface area contributed by atoms with Crippen LogP contribution < -0.4 is 4.90 Å². The summed E-state index contributed by atoms with van der Waals surface area (Å²) >= 11 is 0. The van der Waals surface area contributed by atoms with Gasteiger partial charge < -0.3 is 13.9 Å². The monoisotopic (exact) mass is 357 g/mol. The number of imidazole rings is 1. The molecular weight excluding hydrogens is 338 g/mol. The maximum atomic E-state index is 12.9. The van der Waals surface area contributed by atoms with Crippen molar-refractivity contribution in [3.63, 3.8) is 0 Å². The van der Waals surface area contributed by atoms with Crippen molar-refractivity contribution in [2.24, 2.45) is 0 Å². The quantitative estimate of drug-likeness (QED) is 0.530. The van der Waals surface area contributed by atoms with Gasteiger partial charge in [-0.2, -0.15) is 0 Å². The molecule has 27 heavy (non-hydrogen) atoms. The second kappa shape index (κ2) is 7.33. The Balaban J connectivity index is 1.67. The lowest BCUT2D eigenvalue weighted by Crippen LogP contribution is -2.30. The molecule has 0 fully saturated rings. The summed E-state index contributed by atoms with van der Waals surface area (Å²) in [6.07, 6.45) is 5.35. The topological polar surface area (TPSA) is 51.3 Å². The second-order valence-electron chi connectivity index (χ2n) is 6.18. The van der Waals surface area contributed by atoms with Crippen LogP contribution >= 0.6 is 0 Å². The highest BCUT2D eigenvalue weighted by molar-refractivity contribution is 5.94. The molecular formula is C22H19N3O2. The van der Waals surface area contributed by atoms with Crippen LogP contribution in [0, 0.1) is 0 Å². The van der Waals surface area contributed by atoms with Crippen LogP contribution in [0.4, 0.5) is 5.69 Å². The highest BCUT2D eigenvalue weighted by atomic mass is 16.3. The Morgan fingerprint density at radius 1 is 1.04 bits per heavy atom. The Labute approximate surface area is 157 Å². The van der Waals surface area contributed by atoms with E-state index in [0.717, 1.165) is 22.5 Å². The molecule has 0 aliphatic heterocycles. The molecule has 2 aromatic carbocycles. The number of anilines is 1. The first-order valence-electron chi connectivity index (χ1n) is 8.71. The van der Waals surface area contributed by atoms with Crippen LogP contribution in [0.2, 0.25) is 0 Å². The molecule has 5 nitrogen and oxygen atoms in total. The minimum absolute atomic E-state index is 0.0167. The van der Waals surface area contributed by atoms with Gasteiger partial charge in [-0.05, 0) is 48.6 Å². The number of carbonyl (C=O) groups excluding carboxylic acids is 1. The van der Waals surface area contributed by atoms with Crippen molar-refractivity contribution in [3.05, 3.63) is 84.6 Å². The molecule has 2 heterocycles. The largest absolute Gasteiger partial charge is 0.465 e. The molecule has 0 aliphatic carbocycles. The highest BCUT2D eigenvalue weighted by Crippen LogP contribution is 2.19. The van der Waals surface area contributed by atoms with Gasteiger partial charge in [0.2, 0.25) is 5.91 Å². The summed E-state index contributed by atoms with van der Waals surface area (Å²) in [6.45, 7) is 0.198. The molecule has 0 aliphatic rings. The number of aromatic nitrogens is 2. The van der Waals surface area contributed by atoms with E-state index >= 15 is 0 Å². The number of benzene rings is 2. The zero-order valence-electron chi connectivity index (χ0n) is 14.9. The minimum atomic E-state index is -0.0167. The minimum Gasteiger partial charge on any atom is -0.465 e. The number of carbonyl (C=O) groups is 1. The number of para-hydroxylation sites is 3. The number of furan rings is 1. The molecule has 0 radical (unpaired) electrons. The van der Waals surface area contributed by atoms with E-state index in [-0.39, 0.29) is 12.5 Å². The van der Waals surface area contributed by atoms with E-state index in [4.69, 9.17) is 4.42 Å². The second-order valence-corrected chi connectivity index (χ2v) is 6.18. The van der Waals surface area contributed by atoms with Crippen LogP contribution in [0.3, 0.4) is 0 Å². The van der Waals surface area contributed by atoms with Crippen LogP contribution in [0.15, 0.2) is 77.4 Å². The Morgan fingerprint density at radius 2 is 1.81 bits per heavy atom. The molecule has 5 heteroatoms. The van der Waals surface area contributed by atoms with E-state index in [1.807, 2.05) is 83.4 Å². The van der Waals surface area contributed by atoms with Crippen molar-refractivity contribution < 1.29 is 9.21 Å². The smallest absolute Gasteiger partial charge is 0.246 e. The SMILES string of the molecule is CN(C(=O)Cn1c(/C=C/c2ccco2)nc2ccccc21)c1ccccc1. The fraction of sp³-hybridized carbons (Fsp3) is 0.0909. The van der Waals surface area contributed by atoms with E-state index in [1.165, 1.54) is 0 Å². The Hall–Kier alpha value is -3.60. The Morgan fingerprint density at radius 3 is 2.59 bits per heavy atom. The molecule has 134 valence electrons. The Kier molecular flexibility index (Phi) is 4.58. The molecule has 0 N–H and O–H groups in total. The maximum absolute atomic E-state index is 12.9. The van der Waals surface area contributed by atoms with Gasteiger partial charge in [-0.1, -0.05) is 30.3 Å². The summed E-state index contributed by atoms with van der Waals surface area (Å²) < 4.78 is 7.27. The van der Waals surface area contributed by atoms with Crippen LogP contribution in [0.25, 0.3) is 23.2 Å². The van der Waals surface area contributed by atoms with E-state index in [9.17, 15) is 4.79 Å². The summed E-state index contributed by atoms with van der Waals surface area (Å²) in [4.78, 5) is 19.2. The van der Waals surface area contributed by atoms with Gasteiger partial charge in [0.1, 0.15) is 18.1 Å². The normalized spacial score (nSPS) is 11.3. The summed E-state index contributed by atoms with van der Waals surface area (Å²) in [5, 5.41) is 0. The molecule has 0 bridgehead atoms. The molecule has 0 saturated heterocycles. The van der Waals surface area contributed by atoms with Gasteiger partial charge in [0.25, 0.3) is 0 Å². The number of hydrogen-bond acceptors (Lipinski definition) is 3. The zero-order chi connectivity index (χ0) is 18.6. The third-order valence-corrected chi connectivity index (χ3v) is 4.43. The van der Waals surface area contributed by atoms with Crippen molar-refractivity contribution in [1.29, 1.82) is 0 Å². The van der Waals surface area contributed by atoms with E-state index in [2.05, 4.69) is 4.98 Å². The van der Waals surface area contributed by atoms with Crippen LogP contribution in [0.1, 0.15) is 11.6 Å². The summed E-state index contributed by atoms with van der Waals surface area (Å²) in [6, 6.07) is 21.1. The molecule has 4 aromatic rings. The molecule has 0 saturated carbocycles. The standard InChI is InChI=1S/C22H19N3O2/c1-24(17-8-3-2-4-9-17)22(26)16-25-20-12-6-5-11-19(20)23-21(25)14-13-18-10-7-15-27-18/h2-15H,16H2,1H3/b14-13+. The van der Waals surface area contributed by atoms with Gasteiger partial charge in [0.05, 0.1) is 17.3 Å². The lowest BCUT2D eigenvalue weighted by molar-refractivity contribution is -0.118. The van der Waals surface area contributed by atoms with Gasteiger partial charge in [-0.15, -0.1) is 0 Å². The van der Waals surface area contributed by atoms with Gasteiger partial charge in [0.15, 0.2) is 0 Å². The van der Waals surface area contributed by atoms with Crippen LogP contribution in [-0.4, -0.2) is 22.5 Å². The summed E-state index contributed by atoms with van der Waals surface area (Å²) in [5.41, 5.74) is 2.64. The van der Waals surface area contributed by atoms with Crippen molar-refractivity contribution >= 4 is 34.8 Å². The Bertz CT molecular complexity index is 1080. The van der Waals surface area contributed by atoms with Crippen molar-refractivity contribution in [3.8, 4) is 0 Å². The van der Waals surface area contributed by atoms with Crippen molar-refractivity contribution in [2.45, 2.75) is 6.54 Å². The summed E-state index contributed by atoms with van der Waals surface area (Å²) in [7, 11) is 1.79. The average Bonchev–Trinajstić information content (AvgIpc) is 3.34. The predicted molar refractivity (Wildman–Crippen MR) is 107 cm³/mol. The number of rotatable bonds is 5. The number of nitrogens with zero attached hydrogens (tertiary/aromatic N) is 3. The number of fused-ring (bicyclic) bond motifs is 1. The molecule has 0 atom stereocenters. The molecule has 0 spiro atoms. The lowest BCUT2D eigenvalue weighted by Gasteiger charge is -2.18. The fourth-order valence-corrected chi connectivity index (χ4v) is 2.97. The number of likely N-dealkylation sites (N-methyl/N-ethyl adjacent to an activating group) is 1. The van der Waals surface area contributed by atoms with Gasteiger partial charge in [-0.25, -0.2) is 4.98 Å². The first-order chi connectivity index (χ1) is 13.2. The fourth-order valence-electron chi connectivity index (χ4n) is 2.97.